The highest BCUT2D eigenvalue weighted by molar-refractivity contribution is 5.83. The number of aliphatic carboxylic acids is 1. The van der Waals surface area contributed by atoms with Crippen molar-refractivity contribution in [1.82, 2.24) is 0 Å². The van der Waals surface area contributed by atoms with Crippen molar-refractivity contribution < 1.29 is 9.90 Å². The fourth-order valence-electron chi connectivity index (χ4n) is 2.69. The number of rotatable bonds is 5. The van der Waals surface area contributed by atoms with Gasteiger partial charge in [-0.3, -0.25) is 0 Å². The lowest BCUT2D eigenvalue weighted by Crippen LogP contribution is -2.26. The first kappa shape index (κ1) is 13.5. The van der Waals surface area contributed by atoms with Crippen LogP contribution in [0.25, 0.3) is 0 Å². The summed E-state index contributed by atoms with van der Waals surface area (Å²) < 4.78 is 0. The van der Waals surface area contributed by atoms with Crippen LogP contribution in [-0.2, 0) is 17.6 Å². The number of fused-ring (bicyclic) bond motifs is 1. The Morgan fingerprint density at radius 1 is 1.19 bits per heavy atom. The van der Waals surface area contributed by atoms with E-state index in [2.05, 4.69) is 22.8 Å². The SMILES string of the molecule is O=C(O)C1Cc2c(NCCc3ccccc3)cccc2N1. The number of hydrogen-bond acceptors (Lipinski definition) is 3. The molecule has 0 radical (unpaired) electrons. The average molecular weight is 282 g/mol. The third-order valence-corrected chi connectivity index (χ3v) is 3.78. The Labute approximate surface area is 123 Å². The first-order chi connectivity index (χ1) is 10.2. The molecular weight excluding hydrogens is 264 g/mol. The van der Waals surface area contributed by atoms with Gasteiger partial charge in [-0.25, -0.2) is 4.79 Å². The smallest absolute Gasteiger partial charge is 0.326 e. The van der Waals surface area contributed by atoms with Crippen LogP contribution in [0.15, 0.2) is 48.5 Å². The predicted octanol–water partition coefficient (Wildman–Crippen LogP) is 2.76. The molecule has 0 aromatic heterocycles. The third kappa shape index (κ3) is 2.99. The van der Waals surface area contributed by atoms with Gasteiger partial charge < -0.3 is 15.7 Å². The second-order valence-electron chi connectivity index (χ2n) is 5.23. The number of nitrogens with one attached hydrogen (secondary N) is 2. The van der Waals surface area contributed by atoms with E-state index < -0.39 is 12.0 Å². The summed E-state index contributed by atoms with van der Waals surface area (Å²) in [5.41, 5.74) is 4.31. The standard InChI is InChI=1S/C17H18N2O2/c20-17(21)16-11-13-14(7-4-8-15(13)19-16)18-10-9-12-5-2-1-3-6-12/h1-8,16,18-19H,9-11H2,(H,20,21). The molecule has 0 bridgehead atoms. The van der Waals surface area contributed by atoms with E-state index in [1.165, 1.54) is 5.56 Å². The van der Waals surface area contributed by atoms with Crippen LogP contribution in [0, 0.1) is 0 Å². The Morgan fingerprint density at radius 3 is 2.76 bits per heavy atom. The van der Waals surface area contributed by atoms with Gasteiger partial charge in [0, 0.05) is 29.9 Å². The molecule has 4 heteroatoms. The first-order valence-electron chi connectivity index (χ1n) is 7.13. The summed E-state index contributed by atoms with van der Waals surface area (Å²) in [7, 11) is 0. The highest BCUT2D eigenvalue weighted by atomic mass is 16.4. The molecule has 4 nitrogen and oxygen atoms in total. The van der Waals surface area contributed by atoms with Crippen LogP contribution in [0.5, 0.6) is 0 Å². The minimum absolute atomic E-state index is 0.517. The van der Waals surface area contributed by atoms with Gasteiger partial charge in [0.2, 0.25) is 0 Å². The van der Waals surface area contributed by atoms with Gasteiger partial charge in [0.15, 0.2) is 0 Å². The molecule has 108 valence electrons. The second-order valence-corrected chi connectivity index (χ2v) is 5.23. The Morgan fingerprint density at radius 2 is 2.00 bits per heavy atom. The van der Waals surface area contributed by atoms with E-state index in [0.29, 0.717) is 6.42 Å². The molecule has 1 unspecified atom stereocenters. The molecule has 0 spiro atoms. The van der Waals surface area contributed by atoms with Crippen molar-refractivity contribution >= 4 is 17.3 Å². The topological polar surface area (TPSA) is 61.4 Å². The number of carboxylic acids is 1. The Kier molecular flexibility index (Phi) is 3.77. The zero-order valence-electron chi connectivity index (χ0n) is 11.7. The van der Waals surface area contributed by atoms with E-state index in [4.69, 9.17) is 5.11 Å². The summed E-state index contributed by atoms with van der Waals surface area (Å²) in [5, 5.41) is 15.6. The van der Waals surface area contributed by atoms with Gasteiger partial charge in [0.25, 0.3) is 0 Å². The molecule has 1 atom stereocenters. The molecule has 1 heterocycles. The Hall–Kier alpha value is -2.49. The zero-order valence-corrected chi connectivity index (χ0v) is 11.7. The normalized spacial score (nSPS) is 16.1. The maximum Gasteiger partial charge on any atom is 0.326 e. The molecule has 0 saturated carbocycles. The largest absolute Gasteiger partial charge is 0.480 e. The number of hydrogen-bond donors (Lipinski definition) is 3. The molecule has 3 rings (SSSR count). The van der Waals surface area contributed by atoms with Crippen LogP contribution in [0.4, 0.5) is 11.4 Å². The molecule has 2 aromatic rings. The minimum Gasteiger partial charge on any atom is -0.480 e. The summed E-state index contributed by atoms with van der Waals surface area (Å²) in [6.07, 6.45) is 1.47. The van der Waals surface area contributed by atoms with E-state index in [1.54, 1.807) is 0 Å². The van der Waals surface area contributed by atoms with Crippen molar-refractivity contribution in [3.05, 3.63) is 59.7 Å². The van der Waals surface area contributed by atoms with Gasteiger partial charge in [-0.05, 0) is 24.1 Å². The monoisotopic (exact) mass is 282 g/mol. The van der Waals surface area contributed by atoms with Crippen molar-refractivity contribution in [2.45, 2.75) is 18.9 Å². The lowest BCUT2D eigenvalue weighted by Gasteiger charge is -2.10. The van der Waals surface area contributed by atoms with Crippen LogP contribution in [0.1, 0.15) is 11.1 Å². The average Bonchev–Trinajstić information content (AvgIpc) is 2.94. The predicted molar refractivity (Wildman–Crippen MR) is 83.8 cm³/mol. The lowest BCUT2D eigenvalue weighted by molar-refractivity contribution is -0.137. The van der Waals surface area contributed by atoms with Gasteiger partial charge in [-0.2, -0.15) is 0 Å². The number of carboxylic acid groups (broad SMARTS) is 1. The molecule has 0 amide bonds. The molecule has 1 aliphatic heterocycles. The minimum atomic E-state index is -0.804. The van der Waals surface area contributed by atoms with Crippen molar-refractivity contribution in [2.75, 3.05) is 17.2 Å². The van der Waals surface area contributed by atoms with Crippen LogP contribution in [0.3, 0.4) is 0 Å². The summed E-state index contributed by atoms with van der Waals surface area (Å²) in [5.74, 6) is -0.804. The van der Waals surface area contributed by atoms with Gasteiger partial charge >= 0.3 is 5.97 Å². The summed E-state index contributed by atoms with van der Waals surface area (Å²) in [6.45, 7) is 0.832. The maximum atomic E-state index is 11.1. The highest BCUT2D eigenvalue weighted by Gasteiger charge is 2.27. The van der Waals surface area contributed by atoms with Crippen molar-refractivity contribution in [1.29, 1.82) is 0 Å². The Bertz CT molecular complexity index is 640. The molecule has 0 fully saturated rings. The zero-order chi connectivity index (χ0) is 14.7. The van der Waals surface area contributed by atoms with Gasteiger partial charge in [0.1, 0.15) is 6.04 Å². The molecule has 1 aliphatic rings. The fraction of sp³-hybridized carbons (Fsp3) is 0.235. The van der Waals surface area contributed by atoms with Gasteiger partial charge in [-0.15, -0.1) is 0 Å². The quantitative estimate of drug-likeness (QED) is 0.789. The van der Waals surface area contributed by atoms with E-state index >= 15 is 0 Å². The summed E-state index contributed by atoms with van der Waals surface area (Å²) in [4.78, 5) is 11.1. The van der Waals surface area contributed by atoms with Gasteiger partial charge in [0.05, 0.1) is 0 Å². The molecule has 3 N–H and O–H groups in total. The van der Waals surface area contributed by atoms with Crippen LogP contribution in [-0.4, -0.2) is 23.7 Å². The third-order valence-electron chi connectivity index (χ3n) is 3.78. The van der Waals surface area contributed by atoms with Crippen LogP contribution in [0.2, 0.25) is 0 Å². The van der Waals surface area contributed by atoms with Crippen molar-refractivity contribution in [3.63, 3.8) is 0 Å². The molecule has 2 aromatic carbocycles. The van der Waals surface area contributed by atoms with Crippen LogP contribution < -0.4 is 10.6 Å². The summed E-state index contributed by atoms with van der Waals surface area (Å²) >= 11 is 0. The molecule has 21 heavy (non-hydrogen) atoms. The van der Waals surface area contributed by atoms with E-state index in [1.807, 2.05) is 36.4 Å². The number of carbonyl (C=O) groups is 1. The highest BCUT2D eigenvalue weighted by Crippen LogP contribution is 2.32. The van der Waals surface area contributed by atoms with Gasteiger partial charge in [-0.1, -0.05) is 36.4 Å². The van der Waals surface area contributed by atoms with E-state index in [0.717, 1.165) is 29.9 Å². The molecule has 0 saturated heterocycles. The summed E-state index contributed by atoms with van der Waals surface area (Å²) in [6, 6.07) is 15.7. The molecule has 0 aliphatic carbocycles. The maximum absolute atomic E-state index is 11.1. The van der Waals surface area contributed by atoms with E-state index in [-0.39, 0.29) is 0 Å². The Balaban J connectivity index is 1.65. The molecular formula is C17H18N2O2. The van der Waals surface area contributed by atoms with Crippen molar-refractivity contribution in [2.24, 2.45) is 0 Å². The first-order valence-corrected chi connectivity index (χ1v) is 7.13. The second kappa shape index (κ2) is 5.87. The number of anilines is 2. The van der Waals surface area contributed by atoms with Crippen molar-refractivity contribution in [3.8, 4) is 0 Å². The number of benzene rings is 2. The van der Waals surface area contributed by atoms with Crippen LogP contribution >= 0.6 is 0 Å². The lowest BCUT2D eigenvalue weighted by atomic mass is 10.1. The fourth-order valence-corrected chi connectivity index (χ4v) is 2.69. The van der Waals surface area contributed by atoms with E-state index in [9.17, 15) is 4.79 Å².